The number of piperidine rings is 1. The highest BCUT2D eigenvalue weighted by molar-refractivity contribution is 5.92. The molecule has 0 spiro atoms. The number of aromatic nitrogens is 3. The van der Waals surface area contributed by atoms with Crippen LogP contribution in [0.3, 0.4) is 0 Å². The maximum atomic E-state index is 12.1. The van der Waals surface area contributed by atoms with Gasteiger partial charge < -0.3 is 14.4 Å². The van der Waals surface area contributed by atoms with Crippen LogP contribution in [0.4, 0.5) is 5.69 Å². The summed E-state index contributed by atoms with van der Waals surface area (Å²) in [5.41, 5.74) is 1.56. The molecule has 1 aliphatic heterocycles. The Balaban J connectivity index is 1.80. The minimum absolute atomic E-state index is 0.0618. The Hall–Kier alpha value is -2.37. The third kappa shape index (κ3) is 3.27. The summed E-state index contributed by atoms with van der Waals surface area (Å²) in [6.07, 6.45) is 8.93. The SMILES string of the molecule is CCc1nccn1C1CCCN(c2ccnc(C(=O)N(C)C)c2)C1. The number of rotatable bonds is 4. The van der Waals surface area contributed by atoms with Crippen molar-refractivity contribution in [1.82, 2.24) is 19.4 Å². The van der Waals surface area contributed by atoms with Crippen molar-refractivity contribution < 1.29 is 4.79 Å². The van der Waals surface area contributed by atoms with E-state index in [2.05, 4.69) is 32.6 Å². The van der Waals surface area contributed by atoms with E-state index in [-0.39, 0.29) is 5.91 Å². The summed E-state index contributed by atoms with van der Waals surface area (Å²) in [6.45, 7) is 4.08. The molecule has 1 amide bonds. The molecule has 0 aromatic carbocycles. The van der Waals surface area contributed by atoms with E-state index in [9.17, 15) is 4.79 Å². The fourth-order valence-electron chi connectivity index (χ4n) is 3.33. The van der Waals surface area contributed by atoms with Gasteiger partial charge in [-0.25, -0.2) is 4.98 Å². The molecule has 6 heteroatoms. The van der Waals surface area contributed by atoms with E-state index < -0.39 is 0 Å². The number of carbonyl (C=O) groups excluding carboxylic acids is 1. The summed E-state index contributed by atoms with van der Waals surface area (Å²) >= 11 is 0. The third-order valence-electron chi connectivity index (χ3n) is 4.59. The predicted molar refractivity (Wildman–Crippen MR) is 94.3 cm³/mol. The molecule has 0 radical (unpaired) electrons. The Bertz CT molecular complexity index is 709. The van der Waals surface area contributed by atoms with E-state index in [1.165, 1.54) is 0 Å². The molecule has 2 aromatic heterocycles. The van der Waals surface area contributed by atoms with Gasteiger partial charge in [0.25, 0.3) is 5.91 Å². The molecule has 0 aliphatic carbocycles. The van der Waals surface area contributed by atoms with Gasteiger partial charge in [-0.2, -0.15) is 0 Å². The molecule has 1 atom stereocenters. The maximum absolute atomic E-state index is 12.1. The van der Waals surface area contributed by atoms with Crippen LogP contribution in [0.15, 0.2) is 30.7 Å². The van der Waals surface area contributed by atoms with Crippen LogP contribution in [-0.4, -0.2) is 52.5 Å². The third-order valence-corrected chi connectivity index (χ3v) is 4.59. The van der Waals surface area contributed by atoms with Gasteiger partial charge in [-0.05, 0) is 25.0 Å². The average molecular weight is 327 g/mol. The number of anilines is 1. The smallest absolute Gasteiger partial charge is 0.272 e. The second-order valence-corrected chi connectivity index (χ2v) is 6.45. The fraction of sp³-hybridized carbons (Fsp3) is 0.500. The van der Waals surface area contributed by atoms with Gasteiger partial charge in [0.05, 0.1) is 6.04 Å². The predicted octanol–water partition coefficient (Wildman–Crippen LogP) is 2.38. The first-order valence-electron chi connectivity index (χ1n) is 8.54. The lowest BCUT2D eigenvalue weighted by atomic mass is 10.0. The number of hydrogen-bond donors (Lipinski definition) is 0. The van der Waals surface area contributed by atoms with Crippen LogP contribution < -0.4 is 4.90 Å². The topological polar surface area (TPSA) is 54.3 Å². The summed E-state index contributed by atoms with van der Waals surface area (Å²) < 4.78 is 2.30. The normalized spacial score (nSPS) is 17.8. The van der Waals surface area contributed by atoms with E-state index in [0.717, 1.165) is 43.9 Å². The monoisotopic (exact) mass is 327 g/mol. The molecule has 128 valence electrons. The summed E-state index contributed by atoms with van der Waals surface area (Å²) in [7, 11) is 3.50. The van der Waals surface area contributed by atoms with Crippen LogP contribution in [0.25, 0.3) is 0 Å². The van der Waals surface area contributed by atoms with Gasteiger partial charge in [0.2, 0.25) is 0 Å². The van der Waals surface area contributed by atoms with E-state index >= 15 is 0 Å². The van der Waals surface area contributed by atoms with Crippen molar-refractivity contribution >= 4 is 11.6 Å². The van der Waals surface area contributed by atoms with Gasteiger partial charge >= 0.3 is 0 Å². The summed E-state index contributed by atoms with van der Waals surface area (Å²) in [5, 5.41) is 0. The summed E-state index contributed by atoms with van der Waals surface area (Å²) in [4.78, 5) is 24.7. The number of pyridine rings is 1. The first-order chi connectivity index (χ1) is 11.6. The van der Waals surface area contributed by atoms with E-state index in [1.807, 2.05) is 18.3 Å². The highest BCUT2D eigenvalue weighted by atomic mass is 16.2. The average Bonchev–Trinajstić information content (AvgIpc) is 3.10. The van der Waals surface area contributed by atoms with Crippen LogP contribution in [0.5, 0.6) is 0 Å². The van der Waals surface area contributed by atoms with Crippen molar-refractivity contribution in [2.45, 2.75) is 32.2 Å². The highest BCUT2D eigenvalue weighted by Gasteiger charge is 2.23. The van der Waals surface area contributed by atoms with Crippen LogP contribution in [0.2, 0.25) is 0 Å². The molecule has 3 rings (SSSR count). The fourth-order valence-corrected chi connectivity index (χ4v) is 3.33. The molecular weight excluding hydrogens is 302 g/mol. The molecule has 24 heavy (non-hydrogen) atoms. The van der Waals surface area contributed by atoms with Crippen LogP contribution >= 0.6 is 0 Å². The lowest BCUT2D eigenvalue weighted by Crippen LogP contribution is -2.37. The minimum atomic E-state index is -0.0618. The van der Waals surface area contributed by atoms with Gasteiger partial charge in [-0.3, -0.25) is 9.78 Å². The Morgan fingerprint density at radius 2 is 2.17 bits per heavy atom. The number of carbonyl (C=O) groups is 1. The van der Waals surface area contributed by atoms with Gasteiger partial charge in [-0.15, -0.1) is 0 Å². The molecule has 1 unspecified atom stereocenters. The Morgan fingerprint density at radius 1 is 1.33 bits per heavy atom. The maximum Gasteiger partial charge on any atom is 0.272 e. The Labute approximate surface area is 143 Å². The highest BCUT2D eigenvalue weighted by Crippen LogP contribution is 2.27. The standard InChI is InChI=1S/C18H25N5O/c1-4-17-20-9-11-23(17)15-6-5-10-22(13-15)14-7-8-19-16(12-14)18(24)21(2)3/h7-9,11-12,15H,4-6,10,13H2,1-3H3. The van der Waals surface area contributed by atoms with E-state index in [0.29, 0.717) is 11.7 Å². The van der Waals surface area contributed by atoms with Crippen LogP contribution in [0.1, 0.15) is 42.1 Å². The number of nitrogens with zero attached hydrogens (tertiary/aromatic N) is 5. The van der Waals surface area contributed by atoms with Crippen molar-refractivity contribution in [1.29, 1.82) is 0 Å². The van der Waals surface area contributed by atoms with Crippen LogP contribution in [-0.2, 0) is 6.42 Å². The largest absolute Gasteiger partial charge is 0.369 e. The summed E-state index contributed by atoms with van der Waals surface area (Å²) in [5.74, 6) is 1.08. The molecule has 6 nitrogen and oxygen atoms in total. The number of hydrogen-bond acceptors (Lipinski definition) is 4. The molecular formula is C18H25N5O. The molecule has 0 N–H and O–H groups in total. The molecule has 1 aliphatic rings. The molecule has 3 heterocycles. The van der Waals surface area contributed by atoms with Gasteiger partial charge in [0.15, 0.2) is 0 Å². The quantitative estimate of drug-likeness (QED) is 0.865. The lowest BCUT2D eigenvalue weighted by molar-refractivity contribution is 0.0822. The van der Waals surface area contributed by atoms with Crippen molar-refractivity contribution in [2.75, 3.05) is 32.1 Å². The molecule has 0 saturated carbocycles. The van der Waals surface area contributed by atoms with Gasteiger partial charge in [-0.1, -0.05) is 6.92 Å². The Kier molecular flexibility index (Phi) is 4.83. The second kappa shape index (κ2) is 7.03. The zero-order valence-corrected chi connectivity index (χ0v) is 14.6. The molecule has 0 bridgehead atoms. The van der Waals surface area contributed by atoms with Crippen molar-refractivity contribution in [2.24, 2.45) is 0 Å². The number of aryl methyl sites for hydroxylation is 1. The molecule has 1 saturated heterocycles. The number of imidazole rings is 1. The van der Waals surface area contributed by atoms with E-state index in [1.54, 1.807) is 25.2 Å². The lowest BCUT2D eigenvalue weighted by Gasteiger charge is -2.35. The summed E-state index contributed by atoms with van der Waals surface area (Å²) in [6, 6.07) is 4.32. The first kappa shape index (κ1) is 16.5. The van der Waals surface area contributed by atoms with Crippen LogP contribution in [0, 0.1) is 0 Å². The molecule has 2 aromatic rings. The number of amides is 1. The zero-order chi connectivity index (χ0) is 17.1. The van der Waals surface area contributed by atoms with Gasteiger partial charge in [0.1, 0.15) is 11.5 Å². The van der Waals surface area contributed by atoms with Crippen molar-refractivity contribution in [3.05, 3.63) is 42.2 Å². The first-order valence-corrected chi connectivity index (χ1v) is 8.54. The zero-order valence-electron chi connectivity index (χ0n) is 14.6. The Morgan fingerprint density at radius 3 is 2.92 bits per heavy atom. The van der Waals surface area contributed by atoms with Gasteiger partial charge in [0, 0.05) is 57.9 Å². The molecule has 1 fully saturated rings. The van der Waals surface area contributed by atoms with E-state index in [4.69, 9.17) is 0 Å². The van der Waals surface area contributed by atoms with Crippen molar-refractivity contribution in [3.63, 3.8) is 0 Å². The van der Waals surface area contributed by atoms with Crippen molar-refractivity contribution in [3.8, 4) is 0 Å². The minimum Gasteiger partial charge on any atom is -0.369 e. The second-order valence-electron chi connectivity index (χ2n) is 6.45.